The third-order valence-corrected chi connectivity index (χ3v) is 3.50. The zero-order valence-electron chi connectivity index (χ0n) is 10.8. The van der Waals surface area contributed by atoms with E-state index < -0.39 is 0 Å². The normalized spacial score (nSPS) is 10.2. The number of aromatic nitrogens is 1. The first-order chi connectivity index (χ1) is 9.04. The highest BCUT2D eigenvalue weighted by molar-refractivity contribution is 6.31. The molecule has 0 aliphatic rings. The van der Waals surface area contributed by atoms with Crippen LogP contribution in [0.3, 0.4) is 0 Å². The molecule has 0 radical (unpaired) electrons. The van der Waals surface area contributed by atoms with Crippen molar-refractivity contribution in [2.75, 3.05) is 0 Å². The van der Waals surface area contributed by atoms with Crippen LogP contribution in [-0.2, 0) is 6.42 Å². The van der Waals surface area contributed by atoms with Gasteiger partial charge >= 0.3 is 0 Å². The van der Waals surface area contributed by atoms with Crippen LogP contribution in [0.15, 0.2) is 35.3 Å². The Morgan fingerprint density at radius 3 is 2.79 bits per heavy atom. The summed E-state index contributed by atoms with van der Waals surface area (Å²) >= 11 is 6.12. The summed E-state index contributed by atoms with van der Waals surface area (Å²) in [5.74, 6) is 0. The van der Waals surface area contributed by atoms with Crippen molar-refractivity contribution in [2.24, 2.45) is 0 Å². The van der Waals surface area contributed by atoms with Gasteiger partial charge in [0.25, 0.3) is 0 Å². The van der Waals surface area contributed by atoms with Crippen LogP contribution in [0.1, 0.15) is 16.8 Å². The average molecular weight is 273 g/mol. The maximum absolute atomic E-state index is 11.8. The van der Waals surface area contributed by atoms with Crippen LogP contribution < -0.4 is 5.43 Å². The van der Waals surface area contributed by atoms with Gasteiger partial charge in [0.05, 0.1) is 12.5 Å². The zero-order chi connectivity index (χ0) is 14.0. The molecule has 0 N–H and O–H groups in total. The molecule has 1 aromatic heterocycles. The summed E-state index contributed by atoms with van der Waals surface area (Å²) in [6, 6.07) is 9.19. The molecule has 0 saturated heterocycles. The Bertz CT molecular complexity index is 726. The number of nitriles is 1. The highest BCUT2D eigenvalue weighted by Gasteiger charge is 2.08. The Morgan fingerprint density at radius 1 is 1.37 bits per heavy atom. The Hall–Kier alpha value is -2.05. The van der Waals surface area contributed by atoms with Gasteiger partial charge in [-0.2, -0.15) is 5.26 Å². The van der Waals surface area contributed by atoms with E-state index in [4.69, 9.17) is 16.9 Å². The van der Waals surface area contributed by atoms with E-state index in [1.165, 1.54) is 0 Å². The second-order valence-corrected chi connectivity index (χ2v) is 4.80. The summed E-state index contributed by atoms with van der Waals surface area (Å²) in [6.07, 6.45) is 1.83. The predicted octanol–water partition coefficient (Wildman–Crippen LogP) is 3.17. The number of pyridine rings is 1. The molecule has 2 rings (SSSR count). The standard InChI is InChI=1S/C15H13ClN2O/c1-10-8-15(19)12(6-7-17)9-18(10)14-5-3-4-13(16)11(14)2/h3-5,8-9H,6H2,1-2H3. The van der Waals surface area contributed by atoms with Crippen molar-refractivity contribution < 1.29 is 0 Å². The molecule has 4 heteroatoms. The number of benzene rings is 1. The number of nitrogens with zero attached hydrogens (tertiary/aromatic N) is 2. The van der Waals surface area contributed by atoms with Gasteiger partial charge in [-0.05, 0) is 31.5 Å². The molecule has 0 fully saturated rings. The van der Waals surface area contributed by atoms with E-state index >= 15 is 0 Å². The lowest BCUT2D eigenvalue weighted by Crippen LogP contribution is -2.14. The van der Waals surface area contributed by atoms with Gasteiger partial charge in [0.2, 0.25) is 0 Å². The summed E-state index contributed by atoms with van der Waals surface area (Å²) in [5.41, 5.74) is 3.07. The molecule has 1 heterocycles. The first kappa shape index (κ1) is 13.4. The van der Waals surface area contributed by atoms with Gasteiger partial charge in [-0.3, -0.25) is 4.79 Å². The molecule has 19 heavy (non-hydrogen) atoms. The number of aryl methyl sites for hydroxylation is 1. The van der Waals surface area contributed by atoms with E-state index in [0.29, 0.717) is 10.6 Å². The minimum absolute atomic E-state index is 0.102. The lowest BCUT2D eigenvalue weighted by molar-refractivity contribution is 0.940. The van der Waals surface area contributed by atoms with Crippen LogP contribution in [0.4, 0.5) is 0 Å². The van der Waals surface area contributed by atoms with Crippen LogP contribution in [0.25, 0.3) is 5.69 Å². The van der Waals surface area contributed by atoms with E-state index in [1.807, 2.05) is 42.7 Å². The second kappa shape index (κ2) is 5.29. The van der Waals surface area contributed by atoms with Crippen LogP contribution in [0.2, 0.25) is 5.02 Å². The Balaban J connectivity index is 2.69. The maximum Gasteiger partial charge on any atom is 0.186 e. The maximum atomic E-state index is 11.8. The third kappa shape index (κ3) is 2.54. The average Bonchev–Trinajstić information content (AvgIpc) is 2.37. The van der Waals surface area contributed by atoms with Gasteiger partial charge in [-0.25, -0.2) is 0 Å². The lowest BCUT2D eigenvalue weighted by Gasteiger charge is -2.15. The minimum Gasteiger partial charge on any atom is -0.320 e. The first-order valence-electron chi connectivity index (χ1n) is 5.89. The number of hydrogen-bond donors (Lipinski definition) is 0. The number of halogens is 1. The van der Waals surface area contributed by atoms with Crippen molar-refractivity contribution >= 4 is 11.6 Å². The molecular weight excluding hydrogens is 260 g/mol. The smallest absolute Gasteiger partial charge is 0.186 e. The fourth-order valence-corrected chi connectivity index (χ4v) is 2.18. The zero-order valence-corrected chi connectivity index (χ0v) is 11.5. The lowest BCUT2D eigenvalue weighted by atomic mass is 10.1. The topological polar surface area (TPSA) is 45.8 Å². The molecule has 0 saturated carbocycles. The van der Waals surface area contributed by atoms with Gasteiger partial charge in [-0.1, -0.05) is 17.7 Å². The van der Waals surface area contributed by atoms with Crippen molar-refractivity contribution in [1.29, 1.82) is 5.26 Å². The van der Waals surface area contributed by atoms with E-state index in [9.17, 15) is 4.79 Å². The fraction of sp³-hybridized carbons (Fsp3) is 0.200. The van der Waals surface area contributed by atoms with Crippen molar-refractivity contribution in [3.8, 4) is 11.8 Å². The summed E-state index contributed by atoms with van der Waals surface area (Å²) in [6.45, 7) is 3.79. The van der Waals surface area contributed by atoms with E-state index in [-0.39, 0.29) is 11.8 Å². The molecule has 0 amide bonds. The van der Waals surface area contributed by atoms with E-state index in [0.717, 1.165) is 16.9 Å². The third-order valence-electron chi connectivity index (χ3n) is 3.09. The molecule has 0 bridgehead atoms. The van der Waals surface area contributed by atoms with Crippen LogP contribution in [-0.4, -0.2) is 4.57 Å². The Kier molecular flexibility index (Phi) is 3.73. The highest BCUT2D eigenvalue weighted by Crippen LogP contribution is 2.23. The molecule has 0 aliphatic heterocycles. The molecule has 1 aromatic carbocycles. The molecular formula is C15H13ClN2O. The largest absolute Gasteiger partial charge is 0.320 e. The first-order valence-corrected chi connectivity index (χ1v) is 6.27. The monoisotopic (exact) mass is 272 g/mol. The quantitative estimate of drug-likeness (QED) is 0.843. The molecule has 0 spiro atoms. The predicted molar refractivity (Wildman–Crippen MR) is 75.8 cm³/mol. The van der Waals surface area contributed by atoms with Gasteiger partial charge in [0.1, 0.15) is 0 Å². The van der Waals surface area contributed by atoms with Crippen molar-refractivity contribution in [2.45, 2.75) is 20.3 Å². The molecule has 0 aliphatic carbocycles. The van der Waals surface area contributed by atoms with Gasteiger partial charge < -0.3 is 4.57 Å². The molecule has 2 aromatic rings. The number of rotatable bonds is 2. The minimum atomic E-state index is -0.102. The summed E-state index contributed by atoms with van der Waals surface area (Å²) < 4.78 is 1.90. The van der Waals surface area contributed by atoms with Crippen LogP contribution in [0, 0.1) is 25.2 Å². The van der Waals surface area contributed by atoms with Crippen LogP contribution >= 0.6 is 11.6 Å². The molecule has 96 valence electrons. The molecule has 0 atom stereocenters. The highest BCUT2D eigenvalue weighted by atomic mass is 35.5. The number of hydrogen-bond acceptors (Lipinski definition) is 2. The summed E-state index contributed by atoms with van der Waals surface area (Å²) in [7, 11) is 0. The van der Waals surface area contributed by atoms with Gasteiger partial charge in [0.15, 0.2) is 5.43 Å². The summed E-state index contributed by atoms with van der Waals surface area (Å²) in [5, 5.41) is 9.43. The Labute approximate surface area is 116 Å². The molecule has 3 nitrogen and oxygen atoms in total. The second-order valence-electron chi connectivity index (χ2n) is 4.39. The summed E-state index contributed by atoms with van der Waals surface area (Å²) in [4.78, 5) is 11.8. The van der Waals surface area contributed by atoms with Crippen molar-refractivity contribution in [1.82, 2.24) is 4.57 Å². The van der Waals surface area contributed by atoms with E-state index in [1.54, 1.807) is 12.3 Å². The van der Waals surface area contributed by atoms with Crippen molar-refractivity contribution in [3.05, 3.63) is 62.5 Å². The Morgan fingerprint density at radius 2 is 2.11 bits per heavy atom. The fourth-order valence-electron chi connectivity index (χ4n) is 2.01. The van der Waals surface area contributed by atoms with Crippen molar-refractivity contribution in [3.63, 3.8) is 0 Å². The van der Waals surface area contributed by atoms with Crippen LogP contribution in [0.5, 0.6) is 0 Å². The van der Waals surface area contributed by atoms with Gasteiger partial charge in [-0.15, -0.1) is 0 Å². The molecule has 0 unspecified atom stereocenters. The van der Waals surface area contributed by atoms with Gasteiger partial charge in [0, 0.05) is 34.2 Å². The van der Waals surface area contributed by atoms with E-state index in [2.05, 4.69) is 0 Å². The SMILES string of the molecule is Cc1c(Cl)cccc1-n1cc(CC#N)c(=O)cc1C.